The molecule has 1 aromatic heterocycles. The van der Waals surface area contributed by atoms with Crippen LogP contribution in [0.1, 0.15) is 23.8 Å². The van der Waals surface area contributed by atoms with Gasteiger partial charge >= 0.3 is 0 Å². The molecule has 0 amide bonds. The molecule has 0 aliphatic heterocycles. The molecule has 0 bridgehead atoms. The van der Waals surface area contributed by atoms with Crippen molar-refractivity contribution < 1.29 is 0 Å². The van der Waals surface area contributed by atoms with Gasteiger partial charge < -0.3 is 5.32 Å². The Hall–Kier alpha value is -0.860. The first kappa shape index (κ1) is 10.7. The second-order valence-corrected chi connectivity index (χ2v) is 4.96. The lowest BCUT2D eigenvalue weighted by atomic mass is 10.1. The average Bonchev–Trinajstić information content (AvgIpc) is 2.57. The zero-order chi connectivity index (χ0) is 10.7. The first-order valence-corrected chi connectivity index (χ1v) is 6.32. The average molecular weight is 219 g/mol. The summed E-state index contributed by atoms with van der Waals surface area (Å²) in [7, 11) is 0. The summed E-state index contributed by atoms with van der Waals surface area (Å²) in [5, 5.41) is 4.88. The van der Waals surface area contributed by atoms with E-state index in [9.17, 15) is 0 Å². The van der Waals surface area contributed by atoms with Gasteiger partial charge in [-0.05, 0) is 36.9 Å². The Bertz CT molecular complexity index is 445. The Morgan fingerprint density at radius 1 is 1.27 bits per heavy atom. The summed E-state index contributed by atoms with van der Waals surface area (Å²) in [4.78, 5) is 1.48. The van der Waals surface area contributed by atoms with E-state index in [2.05, 4.69) is 43.4 Å². The highest BCUT2D eigenvalue weighted by Crippen LogP contribution is 2.30. The Balaban J connectivity index is 2.24. The number of fused-ring (bicyclic) bond motifs is 1. The van der Waals surface area contributed by atoms with Crippen LogP contribution >= 0.6 is 11.3 Å². The maximum atomic E-state index is 3.46. The minimum absolute atomic E-state index is 1.01. The lowest BCUT2D eigenvalue weighted by Gasteiger charge is -2.01. The molecule has 0 radical (unpaired) electrons. The summed E-state index contributed by atoms with van der Waals surface area (Å²) in [5.41, 5.74) is 1.44. The largest absolute Gasteiger partial charge is 0.312 e. The predicted molar refractivity (Wildman–Crippen MR) is 68.6 cm³/mol. The van der Waals surface area contributed by atoms with Gasteiger partial charge in [-0.25, -0.2) is 0 Å². The van der Waals surface area contributed by atoms with Crippen LogP contribution in [0, 0.1) is 6.92 Å². The molecule has 2 aromatic rings. The summed E-state index contributed by atoms with van der Waals surface area (Å²) in [6, 6.07) is 8.65. The van der Waals surface area contributed by atoms with Crippen LogP contribution in [0.4, 0.5) is 0 Å². The lowest BCUT2D eigenvalue weighted by Crippen LogP contribution is -2.13. The van der Waals surface area contributed by atoms with Crippen molar-refractivity contribution >= 4 is 21.4 Å². The van der Waals surface area contributed by atoms with E-state index in [-0.39, 0.29) is 0 Å². The summed E-state index contributed by atoms with van der Waals surface area (Å²) >= 11 is 1.91. The van der Waals surface area contributed by atoms with Gasteiger partial charge in [0, 0.05) is 16.1 Å². The second kappa shape index (κ2) is 4.77. The minimum Gasteiger partial charge on any atom is -0.312 e. The molecular formula is C13H17NS. The number of hydrogen-bond acceptors (Lipinski definition) is 2. The van der Waals surface area contributed by atoms with E-state index in [1.54, 1.807) is 0 Å². The Kier molecular flexibility index (Phi) is 3.39. The molecule has 0 fully saturated rings. The third kappa shape index (κ3) is 2.21. The first-order valence-electron chi connectivity index (χ1n) is 5.50. The van der Waals surface area contributed by atoms with Crippen LogP contribution in [0.25, 0.3) is 10.1 Å². The fourth-order valence-corrected chi connectivity index (χ4v) is 2.95. The predicted octanol–water partition coefficient (Wildman–Crippen LogP) is 3.71. The Labute approximate surface area is 95.1 Å². The van der Waals surface area contributed by atoms with Crippen molar-refractivity contribution in [3.8, 4) is 0 Å². The molecule has 0 saturated heterocycles. The summed E-state index contributed by atoms with van der Waals surface area (Å²) in [5.74, 6) is 0. The molecule has 0 unspecified atom stereocenters. The van der Waals surface area contributed by atoms with Crippen LogP contribution in [0.5, 0.6) is 0 Å². The smallest absolute Gasteiger partial charge is 0.0348 e. The highest BCUT2D eigenvalue weighted by molar-refractivity contribution is 7.19. The van der Waals surface area contributed by atoms with Crippen molar-refractivity contribution in [1.29, 1.82) is 0 Å². The normalized spacial score (nSPS) is 11.1. The summed E-state index contributed by atoms with van der Waals surface area (Å²) < 4.78 is 1.41. The number of aryl methyl sites for hydroxylation is 1. The van der Waals surface area contributed by atoms with Gasteiger partial charge in [0.15, 0.2) is 0 Å². The molecule has 2 heteroatoms. The van der Waals surface area contributed by atoms with Gasteiger partial charge in [-0.1, -0.05) is 25.1 Å². The maximum Gasteiger partial charge on any atom is 0.0348 e. The lowest BCUT2D eigenvalue weighted by molar-refractivity contribution is 0.680. The molecule has 0 aliphatic rings. The molecule has 1 N–H and O–H groups in total. The van der Waals surface area contributed by atoms with Gasteiger partial charge in [-0.2, -0.15) is 0 Å². The fraction of sp³-hybridized carbons (Fsp3) is 0.385. The number of rotatable bonds is 4. The van der Waals surface area contributed by atoms with Crippen molar-refractivity contribution in [2.45, 2.75) is 26.8 Å². The van der Waals surface area contributed by atoms with Gasteiger partial charge in [0.2, 0.25) is 0 Å². The molecule has 0 atom stereocenters. The third-order valence-electron chi connectivity index (χ3n) is 2.65. The van der Waals surface area contributed by atoms with E-state index in [0.29, 0.717) is 0 Å². The van der Waals surface area contributed by atoms with Crippen molar-refractivity contribution in [3.05, 3.63) is 34.7 Å². The number of hydrogen-bond donors (Lipinski definition) is 1. The van der Waals surface area contributed by atoms with Crippen molar-refractivity contribution in [1.82, 2.24) is 5.32 Å². The number of thiophene rings is 1. The van der Waals surface area contributed by atoms with E-state index in [1.165, 1.54) is 26.9 Å². The van der Waals surface area contributed by atoms with Crippen LogP contribution in [0.15, 0.2) is 24.3 Å². The second-order valence-electron chi connectivity index (χ2n) is 3.82. The van der Waals surface area contributed by atoms with E-state index >= 15 is 0 Å². The molecule has 1 aromatic carbocycles. The number of nitrogens with one attached hydrogen (secondary N) is 1. The topological polar surface area (TPSA) is 12.0 Å². The maximum absolute atomic E-state index is 3.46. The zero-order valence-corrected chi connectivity index (χ0v) is 10.2. The van der Waals surface area contributed by atoms with Crippen LogP contribution in [-0.4, -0.2) is 6.54 Å². The summed E-state index contributed by atoms with van der Waals surface area (Å²) in [6.45, 7) is 6.54. The molecule has 0 aliphatic carbocycles. The zero-order valence-electron chi connectivity index (χ0n) is 9.34. The monoisotopic (exact) mass is 219 g/mol. The SMILES string of the molecule is CCCNCc1sc2ccccc2c1C. The third-order valence-corrected chi connectivity index (χ3v) is 3.93. The van der Waals surface area contributed by atoms with Crippen molar-refractivity contribution in [2.24, 2.45) is 0 Å². The van der Waals surface area contributed by atoms with Gasteiger partial charge in [0.25, 0.3) is 0 Å². The first-order chi connectivity index (χ1) is 7.33. The fourth-order valence-electron chi connectivity index (χ4n) is 1.77. The van der Waals surface area contributed by atoms with Crippen molar-refractivity contribution in [3.63, 3.8) is 0 Å². The molecule has 2 rings (SSSR count). The van der Waals surface area contributed by atoms with E-state index < -0.39 is 0 Å². The molecule has 0 saturated carbocycles. The Morgan fingerprint density at radius 3 is 2.80 bits per heavy atom. The van der Waals surface area contributed by atoms with Crippen LogP contribution in [-0.2, 0) is 6.54 Å². The van der Waals surface area contributed by atoms with Crippen molar-refractivity contribution in [2.75, 3.05) is 6.54 Å². The highest BCUT2D eigenvalue weighted by atomic mass is 32.1. The minimum atomic E-state index is 1.01. The van der Waals surface area contributed by atoms with Gasteiger partial charge in [-0.15, -0.1) is 11.3 Å². The molecule has 0 spiro atoms. The Morgan fingerprint density at radius 2 is 2.07 bits per heavy atom. The molecular weight excluding hydrogens is 202 g/mol. The molecule has 80 valence electrons. The van der Waals surface area contributed by atoms with Crippen LogP contribution < -0.4 is 5.32 Å². The van der Waals surface area contributed by atoms with E-state index in [0.717, 1.165) is 13.1 Å². The number of benzene rings is 1. The quantitative estimate of drug-likeness (QED) is 0.773. The molecule has 1 nitrogen and oxygen atoms in total. The van der Waals surface area contributed by atoms with Crippen LogP contribution in [0.3, 0.4) is 0 Å². The van der Waals surface area contributed by atoms with Gasteiger partial charge in [-0.3, -0.25) is 0 Å². The molecule has 15 heavy (non-hydrogen) atoms. The highest BCUT2D eigenvalue weighted by Gasteiger charge is 2.06. The van der Waals surface area contributed by atoms with Gasteiger partial charge in [0.1, 0.15) is 0 Å². The van der Waals surface area contributed by atoms with Crippen LogP contribution in [0.2, 0.25) is 0 Å². The van der Waals surface area contributed by atoms with Gasteiger partial charge in [0.05, 0.1) is 0 Å². The molecule has 1 heterocycles. The van der Waals surface area contributed by atoms with E-state index in [1.807, 2.05) is 11.3 Å². The summed E-state index contributed by atoms with van der Waals surface area (Å²) in [6.07, 6.45) is 1.20. The van der Waals surface area contributed by atoms with E-state index in [4.69, 9.17) is 0 Å². The standard InChI is InChI=1S/C13H17NS/c1-3-8-14-9-13-10(2)11-6-4-5-7-12(11)15-13/h4-7,14H,3,8-9H2,1-2H3.